The summed E-state index contributed by atoms with van der Waals surface area (Å²) >= 11 is 0. The number of aryl methyl sites for hydroxylation is 1. The van der Waals surface area contributed by atoms with Gasteiger partial charge in [-0.1, -0.05) is 6.07 Å². The molecule has 0 radical (unpaired) electrons. The van der Waals surface area contributed by atoms with Crippen molar-refractivity contribution >= 4 is 11.6 Å². The van der Waals surface area contributed by atoms with E-state index < -0.39 is 17.5 Å². The Morgan fingerprint density at radius 2 is 1.84 bits per heavy atom. The molecular formula is C22H17F2N5O2. The molecule has 0 fully saturated rings. The molecule has 4 aromatic rings. The van der Waals surface area contributed by atoms with Crippen molar-refractivity contribution in [1.82, 2.24) is 20.0 Å². The molecule has 2 aromatic carbocycles. The molecule has 4 rings (SSSR count). The van der Waals surface area contributed by atoms with Gasteiger partial charge in [0, 0.05) is 24.0 Å². The first-order valence-electron chi connectivity index (χ1n) is 9.34. The zero-order valence-corrected chi connectivity index (χ0v) is 16.4. The number of anilines is 1. The number of carbonyl (C=O) groups excluding carboxylic acids is 1. The summed E-state index contributed by atoms with van der Waals surface area (Å²) in [6, 6.07) is 15.0. The molecule has 0 saturated carbocycles. The van der Waals surface area contributed by atoms with Gasteiger partial charge in [0.25, 0.3) is 0 Å². The van der Waals surface area contributed by atoms with Gasteiger partial charge in [-0.3, -0.25) is 4.79 Å². The fraction of sp³-hybridized carbons (Fsp3) is 0.0909. The molecule has 7 nitrogen and oxygen atoms in total. The van der Waals surface area contributed by atoms with Crippen molar-refractivity contribution in [3.05, 3.63) is 89.8 Å². The maximum atomic E-state index is 13.7. The summed E-state index contributed by atoms with van der Waals surface area (Å²) in [5.41, 5.74) is 1.50. The minimum Gasteiger partial charge on any atom is -0.438 e. The molecule has 0 atom stereocenters. The normalized spacial score (nSPS) is 10.7. The molecule has 2 heterocycles. The maximum absolute atomic E-state index is 13.7. The fourth-order valence-corrected chi connectivity index (χ4v) is 2.80. The lowest BCUT2D eigenvalue weighted by Gasteiger charge is -2.08. The summed E-state index contributed by atoms with van der Waals surface area (Å²) < 4.78 is 33.9. The zero-order valence-electron chi connectivity index (χ0n) is 16.4. The minimum absolute atomic E-state index is 0.117. The van der Waals surface area contributed by atoms with Gasteiger partial charge in [-0.15, -0.1) is 10.2 Å². The molecule has 0 aliphatic rings. The van der Waals surface area contributed by atoms with Crippen LogP contribution in [-0.4, -0.2) is 25.9 Å². The summed E-state index contributed by atoms with van der Waals surface area (Å²) in [6.07, 6.45) is 1.58. The van der Waals surface area contributed by atoms with Crippen molar-refractivity contribution in [2.24, 2.45) is 0 Å². The van der Waals surface area contributed by atoms with E-state index in [4.69, 9.17) is 4.74 Å². The molecule has 0 aliphatic heterocycles. The first-order chi connectivity index (χ1) is 15.0. The lowest BCUT2D eigenvalue weighted by Crippen LogP contribution is -2.15. The van der Waals surface area contributed by atoms with E-state index in [1.807, 2.05) is 13.0 Å². The van der Waals surface area contributed by atoms with Crippen LogP contribution in [-0.2, 0) is 11.2 Å². The molecule has 1 amide bonds. The Morgan fingerprint density at radius 3 is 2.48 bits per heavy atom. The largest absolute Gasteiger partial charge is 0.438 e. The molecule has 0 saturated heterocycles. The molecule has 31 heavy (non-hydrogen) atoms. The maximum Gasteiger partial charge on any atom is 0.238 e. The molecule has 0 spiro atoms. The molecule has 0 unspecified atom stereocenters. The second kappa shape index (κ2) is 8.70. The number of benzene rings is 2. The van der Waals surface area contributed by atoms with Crippen LogP contribution in [0.1, 0.15) is 11.3 Å². The topological polar surface area (TPSA) is 81.9 Å². The predicted octanol–water partition coefficient (Wildman–Crippen LogP) is 4.22. The van der Waals surface area contributed by atoms with Crippen LogP contribution >= 0.6 is 0 Å². The van der Waals surface area contributed by atoms with Gasteiger partial charge in [0.2, 0.25) is 11.8 Å². The van der Waals surface area contributed by atoms with Gasteiger partial charge in [-0.05, 0) is 55.0 Å². The third-order valence-corrected chi connectivity index (χ3v) is 4.31. The van der Waals surface area contributed by atoms with Crippen LogP contribution in [0.25, 0.3) is 5.82 Å². The monoisotopic (exact) mass is 421 g/mol. The van der Waals surface area contributed by atoms with E-state index in [2.05, 4.69) is 20.6 Å². The van der Waals surface area contributed by atoms with Crippen molar-refractivity contribution in [1.29, 1.82) is 0 Å². The lowest BCUT2D eigenvalue weighted by molar-refractivity contribution is -0.115. The molecule has 156 valence electrons. The van der Waals surface area contributed by atoms with Crippen molar-refractivity contribution < 1.29 is 18.3 Å². The van der Waals surface area contributed by atoms with E-state index in [0.717, 1.165) is 17.8 Å². The summed E-state index contributed by atoms with van der Waals surface area (Å²) in [6.45, 7) is 1.88. The van der Waals surface area contributed by atoms with Gasteiger partial charge in [0.05, 0.1) is 12.1 Å². The van der Waals surface area contributed by atoms with Crippen LogP contribution in [0.2, 0.25) is 0 Å². The summed E-state index contributed by atoms with van der Waals surface area (Å²) in [7, 11) is 0. The fourth-order valence-electron chi connectivity index (χ4n) is 2.80. The van der Waals surface area contributed by atoms with Crippen molar-refractivity contribution in [3.8, 4) is 17.4 Å². The number of hydrogen-bond donors (Lipinski definition) is 1. The van der Waals surface area contributed by atoms with Crippen molar-refractivity contribution in [2.75, 3.05) is 5.32 Å². The third-order valence-electron chi connectivity index (χ3n) is 4.31. The summed E-state index contributed by atoms with van der Waals surface area (Å²) in [4.78, 5) is 12.1. The van der Waals surface area contributed by atoms with E-state index in [1.165, 1.54) is 6.07 Å². The predicted molar refractivity (Wildman–Crippen MR) is 109 cm³/mol. The van der Waals surface area contributed by atoms with Crippen LogP contribution in [0.15, 0.2) is 66.9 Å². The lowest BCUT2D eigenvalue weighted by atomic mass is 10.1. The molecule has 9 heteroatoms. The zero-order chi connectivity index (χ0) is 21.8. The molecule has 0 aliphatic carbocycles. The van der Waals surface area contributed by atoms with Gasteiger partial charge >= 0.3 is 0 Å². The van der Waals surface area contributed by atoms with Crippen LogP contribution in [0, 0.1) is 18.6 Å². The third kappa shape index (κ3) is 5.08. The highest BCUT2D eigenvalue weighted by Gasteiger charge is 2.10. The van der Waals surface area contributed by atoms with Gasteiger partial charge < -0.3 is 10.1 Å². The SMILES string of the molecule is Cc1ccn(-c2ccc(Oc3ccc(NC(=O)Cc4ccc(F)cc4F)cc3)nn2)n1. The van der Waals surface area contributed by atoms with Gasteiger partial charge in [-0.25, -0.2) is 13.5 Å². The number of rotatable bonds is 6. The smallest absolute Gasteiger partial charge is 0.238 e. The highest BCUT2D eigenvalue weighted by Crippen LogP contribution is 2.22. The average Bonchev–Trinajstić information content (AvgIpc) is 3.18. The minimum atomic E-state index is -0.756. The number of amides is 1. The standard InChI is InChI=1S/C22H17F2N5O2/c1-14-10-11-29(28-14)20-8-9-22(27-26-20)31-18-6-4-17(5-7-18)25-21(30)12-15-2-3-16(23)13-19(15)24/h2-11,13H,12H2,1H3,(H,25,30). The number of nitrogens with one attached hydrogen (secondary N) is 1. The van der Waals surface area contributed by atoms with Gasteiger partial charge in [0.15, 0.2) is 5.82 Å². The van der Waals surface area contributed by atoms with E-state index in [-0.39, 0.29) is 12.0 Å². The molecular weight excluding hydrogens is 404 g/mol. The highest BCUT2D eigenvalue weighted by atomic mass is 19.1. The Morgan fingerprint density at radius 1 is 1.03 bits per heavy atom. The Labute approximate surface area is 176 Å². The van der Waals surface area contributed by atoms with Crippen LogP contribution < -0.4 is 10.1 Å². The van der Waals surface area contributed by atoms with E-state index >= 15 is 0 Å². The van der Waals surface area contributed by atoms with E-state index in [9.17, 15) is 13.6 Å². The first-order valence-corrected chi connectivity index (χ1v) is 9.34. The Bertz CT molecular complexity index is 1210. The van der Waals surface area contributed by atoms with Gasteiger partial charge in [-0.2, -0.15) is 5.10 Å². The molecule has 1 N–H and O–H groups in total. The number of halogens is 2. The molecule has 0 bridgehead atoms. The van der Waals surface area contributed by atoms with Crippen LogP contribution in [0.3, 0.4) is 0 Å². The molecule has 2 aromatic heterocycles. The second-order valence-corrected chi connectivity index (χ2v) is 6.72. The Balaban J connectivity index is 1.35. The quantitative estimate of drug-likeness (QED) is 0.504. The van der Waals surface area contributed by atoms with Crippen molar-refractivity contribution in [3.63, 3.8) is 0 Å². The highest BCUT2D eigenvalue weighted by molar-refractivity contribution is 5.92. The number of ether oxygens (including phenoxy) is 1. The second-order valence-electron chi connectivity index (χ2n) is 6.72. The Kier molecular flexibility index (Phi) is 5.65. The average molecular weight is 421 g/mol. The summed E-state index contributed by atoms with van der Waals surface area (Å²) in [5, 5.41) is 15.0. The van der Waals surface area contributed by atoms with E-state index in [0.29, 0.717) is 23.1 Å². The number of hydrogen-bond acceptors (Lipinski definition) is 5. The number of carbonyl (C=O) groups is 1. The number of aromatic nitrogens is 4. The summed E-state index contributed by atoms with van der Waals surface area (Å²) in [5.74, 6) is -0.497. The first kappa shape index (κ1) is 20.1. The Hall–Kier alpha value is -4.14. The van der Waals surface area contributed by atoms with Crippen molar-refractivity contribution in [2.45, 2.75) is 13.3 Å². The van der Waals surface area contributed by atoms with Crippen LogP contribution in [0.5, 0.6) is 11.6 Å². The van der Waals surface area contributed by atoms with Crippen LogP contribution in [0.4, 0.5) is 14.5 Å². The van der Waals surface area contributed by atoms with E-state index in [1.54, 1.807) is 47.3 Å². The van der Waals surface area contributed by atoms with Gasteiger partial charge in [0.1, 0.15) is 17.4 Å². The number of nitrogens with zero attached hydrogens (tertiary/aromatic N) is 4.